The topological polar surface area (TPSA) is 112 Å². The zero-order valence-electron chi connectivity index (χ0n) is 23.3. The Balaban J connectivity index is 1.67. The number of rotatable bonds is 7. The van der Waals surface area contributed by atoms with Gasteiger partial charge in [-0.3, -0.25) is 19.4 Å². The summed E-state index contributed by atoms with van der Waals surface area (Å²) in [4.78, 5) is 47.8. The number of aryl methyl sites for hydroxylation is 1. The third-order valence-corrected chi connectivity index (χ3v) is 7.70. The van der Waals surface area contributed by atoms with E-state index in [0.29, 0.717) is 11.1 Å². The number of esters is 1. The van der Waals surface area contributed by atoms with Crippen molar-refractivity contribution >= 4 is 17.8 Å². The van der Waals surface area contributed by atoms with Gasteiger partial charge in [0.15, 0.2) is 0 Å². The van der Waals surface area contributed by atoms with Crippen LogP contribution in [0, 0.1) is 24.2 Å². The second-order valence-electron chi connectivity index (χ2n) is 10.3. The summed E-state index contributed by atoms with van der Waals surface area (Å²) >= 11 is 0. The lowest BCUT2D eigenvalue weighted by atomic mass is 9.79. The van der Waals surface area contributed by atoms with Gasteiger partial charge in [-0.15, -0.1) is 0 Å². The zero-order chi connectivity index (χ0) is 29.6. The smallest absolute Gasteiger partial charge is 0.311 e. The van der Waals surface area contributed by atoms with Gasteiger partial charge in [-0.2, -0.15) is 5.26 Å². The maximum absolute atomic E-state index is 14.3. The number of methoxy groups -OCH3 is 1. The Morgan fingerprint density at radius 2 is 1.64 bits per heavy atom. The van der Waals surface area contributed by atoms with Crippen molar-refractivity contribution in [2.24, 2.45) is 5.92 Å². The number of nitrogens with one attached hydrogen (secondary N) is 1. The van der Waals surface area contributed by atoms with Crippen molar-refractivity contribution in [1.29, 1.82) is 5.26 Å². The minimum atomic E-state index is -1.06. The second-order valence-corrected chi connectivity index (χ2v) is 10.3. The summed E-state index contributed by atoms with van der Waals surface area (Å²) in [5.74, 6) is -3.03. The molecule has 4 atom stereocenters. The summed E-state index contributed by atoms with van der Waals surface area (Å²) in [6.45, 7) is 2.24. The highest BCUT2D eigenvalue weighted by Crippen LogP contribution is 2.51. The van der Waals surface area contributed by atoms with Crippen LogP contribution in [0.2, 0.25) is 0 Å². The van der Waals surface area contributed by atoms with E-state index in [1.807, 2.05) is 61.5 Å². The van der Waals surface area contributed by atoms with Crippen molar-refractivity contribution in [3.8, 4) is 6.07 Å². The van der Waals surface area contributed by atoms with E-state index >= 15 is 0 Å². The van der Waals surface area contributed by atoms with Crippen molar-refractivity contribution in [3.63, 3.8) is 0 Å². The molecule has 4 unspecified atom stereocenters. The molecule has 1 saturated heterocycles. The van der Waals surface area contributed by atoms with E-state index in [2.05, 4.69) is 16.4 Å². The Bertz CT molecular complexity index is 1600. The minimum Gasteiger partial charge on any atom is -0.469 e. The average molecular weight is 559 g/mol. The fourth-order valence-electron chi connectivity index (χ4n) is 5.69. The van der Waals surface area contributed by atoms with Crippen molar-refractivity contribution in [2.75, 3.05) is 7.11 Å². The van der Waals surface area contributed by atoms with Crippen LogP contribution in [0.15, 0.2) is 103 Å². The summed E-state index contributed by atoms with van der Waals surface area (Å²) in [6.07, 6.45) is 3.01. The maximum Gasteiger partial charge on any atom is 0.311 e. The highest BCUT2D eigenvalue weighted by atomic mass is 16.5. The van der Waals surface area contributed by atoms with Gasteiger partial charge in [0.2, 0.25) is 5.91 Å². The first-order chi connectivity index (χ1) is 20.4. The third kappa shape index (κ3) is 5.63. The molecule has 0 radical (unpaired) electrons. The first-order valence-electron chi connectivity index (χ1n) is 13.6. The van der Waals surface area contributed by atoms with Gasteiger partial charge >= 0.3 is 5.97 Å². The fraction of sp³-hybridized carbons (Fsp3) is 0.206. The quantitative estimate of drug-likeness (QED) is 0.329. The first-order valence-corrected chi connectivity index (χ1v) is 13.6. The van der Waals surface area contributed by atoms with Crippen LogP contribution in [0.1, 0.15) is 50.1 Å². The molecule has 2 heterocycles. The molecule has 1 aliphatic rings. The molecular weight excluding hydrogens is 528 g/mol. The van der Waals surface area contributed by atoms with Crippen molar-refractivity contribution < 1.29 is 19.1 Å². The van der Waals surface area contributed by atoms with Crippen LogP contribution in [-0.4, -0.2) is 40.8 Å². The largest absolute Gasteiger partial charge is 0.469 e. The Morgan fingerprint density at radius 1 is 0.929 bits per heavy atom. The number of ether oxygens (including phenoxy) is 1. The van der Waals surface area contributed by atoms with Crippen LogP contribution in [0.3, 0.4) is 0 Å². The van der Waals surface area contributed by atoms with E-state index in [4.69, 9.17) is 4.74 Å². The molecule has 210 valence electrons. The number of nitriles is 1. The van der Waals surface area contributed by atoms with Crippen LogP contribution >= 0.6 is 0 Å². The summed E-state index contributed by atoms with van der Waals surface area (Å²) in [5, 5.41) is 12.4. The number of amides is 2. The zero-order valence-corrected chi connectivity index (χ0v) is 23.3. The van der Waals surface area contributed by atoms with E-state index in [1.165, 1.54) is 18.2 Å². The highest BCUT2D eigenvalue weighted by molar-refractivity contribution is 6.00. The fourth-order valence-corrected chi connectivity index (χ4v) is 5.69. The standard InChI is InChI=1S/C34H30N4O4/c1-22-10-12-24(13-11-22)20-37-32(39)31-28(25-7-4-3-5-8-25)29(34(41)42-2)30(26-16-14-23(19-35)15-17-26)38(31)33(40)27-9-6-18-36-21-27/h3-18,21,28-31H,20H2,1-2H3,(H,37,39). The van der Waals surface area contributed by atoms with Crippen molar-refractivity contribution in [2.45, 2.75) is 31.5 Å². The second kappa shape index (κ2) is 12.5. The van der Waals surface area contributed by atoms with E-state index in [1.54, 1.807) is 42.6 Å². The predicted molar refractivity (Wildman–Crippen MR) is 156 cm³/mol. The average Bonchev–Trinajstić information content (AvgIpc) is 3.40. The number of hydrogen-bond donors (Lipinski definition) is 1. The summed E-state index contributed by atoms with van der Waals surface area (Å²) in [6, 6.07) is 27.2. The van der Waals surface area contributed by atoms with Gasteiger partial charge in [-0.25, -0.2) is 0 Å². The van der Waals surface area contributed by atoms with Crippen LogP contribution in [0.4, 0.5) is 0 Å². The van der Waals surface area contributed by atoms with E-state index in [-0.39, 0.29) is 12.1 Å². The number of carbonyl (C=O) groups is 3. The molecule has 1 fully saturated rings. The Hall–Kier alpha value is -5.29. The highest BCUT2D eigenvalue weighted by Gasteiger charge is 2.58. The van der Waals surface area contributed by atoms with Gasteiger partial charge in [0.05, 0.1) is 36.3 Å². The van der Waals surface area contributed by atoms with E-state index in [0.717, 1.165) is 16.7 Å². The number of carbonyl (C=O) groups excluding carboxylic acids is 3. The molecule has 1 aromatic heterocycles. The molecule has 8 heteroatoms. The number of hydrogen-bond acceptors (Lipinski definition) is 6. The van der Waals surface area contributed by atoms with E-state index in [9.17, 15) is 19.6 Å². The molecule has 4 aromatic rings. The van der Waals surface area contributed by atoms with Gasteiger partial charge in [0.1, 0.15) is 6.04 Å². The molecule has 2 amide bonds. The molecule has 42 heavy (non-hydrogen) atoms. The van der Waals surface area contributed by atoms with Crippen LogP contribution in [0.5, 0.6) is 0 Å². The van der Waals surface area contributed by atoms with Crippen LogP contribution in [0.25, 0.3) is 0 Å². The van der Waals surface area contributed by atoms with Crippen LogP contribution in [-0.2, 0) is 20.9 Å². The number of benzene rings is 3. The van der Waals surface area contributed by atoms with Gasteiger partial charge in [-0.1, -0.05) is 72.3 Å². The lowest BCUT2D eigenvalue weighted by Gasteiger charge is -2.31. The minimum absolute atomic E-state index is 0.246. The Kier molecular flexibility index (Phi) is 8.39. The third-order valence-electron chi connectivity index (χ3n) is 7.70. The Labute approximate surface area is 244 Å². The number of likely N-dealkylation sites (tertiary alicyclic amines) is 1. The first kappa shape index (κ1) is 28.2. The van der Waals surface area contributed by atoms with Gasteiger partial charge in [0.25, 0.3) is 5.91 Å². The molecule has 1 aliphatic heterocycles. The molecule has 5 rings (SSSR count). The van der Waals surface area contributed by atoms with Gasteiger partial charge in [-0.05, 0) is 47.9 Å². The molecular formula is C34H30N4O4. The van der Waals surface area contributed by atoms with Crippen molar-refractivity contribution in [3.05, 3.63) is 137 Å². The lowest BCUT2D eigenvalue weighted by molar-refractivity contribution is -0.146. The SMILES string of the molecule is COC(=O)C1C(c2ccccc2)C(C(=O)NCc2ccc(C)cc2)N(C(=O)c2cccnc2)C1c1ccc(C#N)cc1. The molecule has 0 bridgehead atoms. The van der Waals surface area contributed by atoms with Gasteiger partial charge < -0.3 is 15.0 Å². The van der Waals surface area contributed by atoms with Crippen LogP contribution < -0.4 is 5.32 Å². The summed E-state index contributed by atoms with van der Waals surface area (Å²) < 4.78 is 5.31. The van der Waals surface area contributed by atoms with Gasteiger partial charge in [0, 0.05) is 24.9 Å². The molecule has 1 N–H and O–H groups in total. The number of aromatic nitrogens is 1. The lowest BCUT2D eigenvalue weighted by Crippen LogP contribution is -2.48. The number of pyridine rings is 1. The Morgan fingerprint density at radius 3 is 2.26 bits per heavy atom. The normalized spacial score (nSPS) is 19.5. The molecule has 8 nitrogen and oxygen atoms in total. The molecule has 0 aliphatic carbocycles. The molecule has 0 spiro atoms. The number of nitrogens with zero attached hydrogens (tertiary/aromatic N) is 3. The van der Waals surface area contributed by atoms with E-state index < -0.39 is 41.7 Å². The summed E-state index contributed by atoms with van der Waals surface area (Å²) in [5.41, 5.74) is 4.05. The molecule has 0 saturated carbocycles. The summed E-state index contributed by atoms with van der Waals surface area (Å²) in [7, 11) is 1.30. The maximum atomic E-state index is 14.3. The molecule has 3 aromatic carbocycles. The predicted octanol–water partition coefficient (Wildman–Crippen LogP) is 4.72. The van der Waals surface area contributed by atoms with Crippen molar-refractivity contribution in [1.82, 2.24) is 15.2 Å². The monoisotopic (exact) mass is 558 g/mol.